The van der Waals surface area contributed by atoms with Gasteiger partial charge < -0.3 is 10.6 Å². The number of nitrogen functional groups attached to an aromatic ring is 1. The van der Waals surface area contributed by atoms with Gasteiger partial charge >= 0.3 is 0 Å². The normalized spacial score (nSPS) is 16.2. The van der Waals surface area contributed by atoms with Crippen LogP contribution in [0, 0.1) is 0 Å². The van der Waals surface area contributed by atoms with E-state index in [1.54, 1.807) is 0 Å². The summed E-state index contributed by atoms with van der Waals surface area (Å²) >= 11 is 0. The lowest BCUT2D eigenvalue weighted by Crippen LogP contribution is -2.39. The van der Waals surface area contributed by atoms with E-state index >= 15 is 0 Å². The summed E-state index contributed by atoms with van der Waals surface area (Å²) in [6.07, 6.45) is 4.80. The van der Waals surface area contributed by atoms with Gasteiger partial charge in [0.25, 0.3) is 0 Å². The predicted octanol–water partition coefficient (Wildman–Crippen LogP) is 2.10. The zero-order chi connectivity index (χ0) is 14.4. The van der Waals surface area contributed by atoms with E-state index in [-0.39, 0.29) is 5.91 Å². The quantitative estimate of drug-likeness (QED) is 0.856. The largest absolute Gasteiger partial charge is 0.399 e. The zero-order valence-electron chi connectivity index (χ0n) is 12.3. The van der Waals surface area contributed by atoms with Gasteiger partial charge in [-0.1, -0.05) is 25.0 Å². The van der Waals surface area contributed by atoms with Crippen molar-refractivity contribution in [3.05, 3.63) is 29.8 Å². The molecule has 0 aromatic heterocycles. The number of rotatable bonds is 4. The molecule has 0 aliphatic carbocycles. The van der Waals surface area contributed by atoms with Crippen LogP contribution in [-0.4, -0.2) is 42.4 Å². The van der Waals surface area contributed by atoms with Crippen LogP contribution >= 0.6 is 0 Å². The highest BCUT2D eigenvalue weighted by molar-refractivity contribution is 5.78. The van der Waals surface area contributed by atoms with Gasteiger partial charge in [0.2, 0.25) is 5.91 Å². The van der Waals surface area contributed by atoms with Crippen molar-refractivity contribution in [3.8, 4) is 0 Å². The van der Waals surface area contributed by atoms with Gasteiger partial charge in [0, 0.05) is 25.3 Å². The lowest BCUT2D eigenvalue weighted by atomic mass is 10.2. The Bertz CT molecular complexity index is 422. The number of nitrogens with zero attached hydrogens (tertiary/aromatic N) is 2. The summed E-state index contributed by atoms with van der Waals surface area (Å²) in [5.74, 6) is 0.254. The van der Waals surface area contributed by atoms with E-state index in [0.29, 0.717) is 6.54 Å². The van der Waals surface area contributed by atoms with Crippen LogP contribution in [0.5, 0.6) is 0 Å². The molecule has 1 amide bonds. The molecule has 1 aliphatic heterocycles. The maximum absolute atomic E-state index is 12.3. The highest BCUT2D eigenvalue weighted by atomic mass is 16.2. The van der Waals surface area contributed by atoms with Crippen LogP contribution in [0.15, 0.2) is 24.3 Å². The molecule has 1 aromatic rings. The molecule has 110 valence electrons. The van der Waals surface area contributed by atoms with Crippen molar-refractivity contribution in [3.63, 3.8) is 0 Å². The topological polar surface area (TPSA) is 49.6 Å². The van der Waals surface area contributed by atoms with Gasteiger partial charge in [-0.3, -0.25) is 9.69 Å². The van der Waals surface area contributed by atoms with Crippen molar-refractivity contribution in [2.24, 2.45) is 0 Å². The maximum Gasteiger partial charge on any atom is 0.236 e. The van der Waals surface area contributed by atoms with E-state index in [2.05, 4.69) is 4.90 Å². The number of hydrogen-bond acceptors (Lipinski definition) is 3. The van der Waals surface area contributed by atoms with Crippen LogP contribution in [0.4, 0.5) is 5.69 Å². The van der Waals surface area contributed by atoms with Crippen LogP contribution in [-0.2, 0) is 11.3 Å². The van der Waals surface area contributed by atoms with E-state index in [1.165, 1.54) is 18.4 Å². The van der Waals surface area contributed by atoms with E-state index in [0.717, 1.165) is 38.2 Å². The third-order valence-electron chi connectivity index (χ3n) is 3.80. The standard InChI is InChI=1S/C16H25N3O/c1-18(12-14-6-8-15(17)9-7-14)13-16(20)19-10-4-2-3-5-11-19/h6-9H,2-5,10-13,17H2,1H3. The van der Waals surface area contributed by atoms with Crippen molar-refractivity contribution < 1.29 is 4.79 Å². The number of likely N-dealkylation sites (N-methyl/N-ethyl adjacent to an activating group) is 1. The maximum atomic E-state index is 12.3. The molecule has 2 rings (SSSR count). The van der Waals surface area contributed by atoms with E-state index in [4.69, 9.17) is 5.73 Å². The van der Waals surface area contributed by atoms with Crippen molar-refractivity contribution in [1.29, 1.82) is 0 Å². The first-order chi connectivity index (χ1) is 9.65. The fourth-order valence-electron chi connectivity index (χ4n) is 2.64. The molecule has 1 aliphatic rings. The Morgan fingerprint density at radius 1 is 1.15 bits per heavy atom. The van der Waals surface area contributed by atoms with E-state index in [9.17, 15) is 4.79 Å². The van der Waals surface area contributed by atoms with Crippen molar-refractivity contribution >= 4 is 11.6 Å². The van der Waals surface area contributed by atoms with Gasteiger partial charge in [-0.2, -0.15) is 0 Å². The van der Waals surface area contributed by atoms with Gasteiger partial charge in [0.1, 0.15) is 0 Å². The Morgan fingerprint density at radius 3 is 2.35 bits per heavy atom. The Hall–Kier alpha value is -1.55. The smallest absolute Gasteiger partial charge is 0.236 e. The molecule has 0 unspecified atom stereocenters. The molecular weight excluding hydrogens is 250 g/mol. The van der Waals surface area contributed by atoms with E-state index in [1.807, 2.05) is 36.2 Å². The molecule has 1 fully saturated rings. The minimum absolute atomic E-state index is 0.254. The number of likely N-dealkylation sites (tertiary alicyclic amines) is 1. The Balaban J connectivity index is 1.82. The van der Waals surface area contributed by atoms with Gasteiger partial charge in [-0.15, -0.1) is 0 Å². The van der Waals surface area contributed by atoms with Gasteiger partial charge in [0.05, 0.1) is 6.54 Å². The fourth-order valence-corrected chi connectivity index (χ4v) is 2.64. The lowest BCUT2D eigenvalue weighted by molar-refractivity contribution is -0.132. The molecular formula is C16H25N3O. The number of carbonyl (C=O) groups excluding carboxylic acids is 1. The van der Waals surface area contributed by atoms with Crippen LogP contribution in [0.3, 0.4) is 0 Å². The average Bonchev–Trinajstić information content (AvgIpc) is 2.70. The van der Waals surface area contributed by atoms with Crippen LogP contribution in [0.1, 0.15) is 31.2 Å². The number of hydrogen-bond donors (Lipinski definition) is 1. The molecule has 1 aromatic carbocycles. The number of anilines is 1. The molecule has 20 heavy (non-hydrogen) atoms. The number of nitrogens with two attached hydrogens (primary N) is 1. The molecule has 0 spiro atoms. The van der Waals surface area contributed by atoms with Gasteiger partial charge in [0.15, 0.2) is 0 Å². The van der Waals surface area contributed by atoms with Gasteiger partial charge in [-0.05, 0) is 37.6 Å². The monoisotopic (exact) mass is 275 g/mol. The number of benzene rings is 1. The Labute approximate surface area is 121 Å². The van der Waals surface area contributed by atoms with Crippen molar-refractivity contribution in [1.82, 2.24) is 9.80 Å². The predicted molar refractivity (Wildman–Crippen MR) is 82.2 cm³/mol. The first-order valence-electron chi connectivity index (χ1n) is 7.46. The minimum atomic E-state index is 0.254. The summed E-state index contributed by atoms with van der Waals surface area (Å²) in [7, 11) is 1.99. The Kier molecular flexibility index (Phi) is 5.41. The summed E-state index contributed by atoms with van der Waals surface area (Å²) in [4.78, 5) is 16.4. The number of carbonyl (C=O) groups is 1. The van der Waals surface area contributed by atoms with Gasteiger partial charge in [-0.25, -0.2) is 0 Å². The highest BCUT2D eigenvalue weighted by Gasteiger charge is 2.16. The summed E-state index contributed by atoms with van der Waals surface area (Å²) < 4.78 is 0. The molecule has 0 atom stereocenters. The zero-order valence-corrected chi connectivity index (χ0v) is 12.3. The molecule has 2 N–H and O–H groups in total. The summed E-state index contributed by atoms with van der Waals surface area (Å²) in [5.41, 5.74) is 7.64. The molecule has 0 bridgehead atoms. The van der Waals surface area contributed by atoms with Crippen LogP contribution in [0.25, 0.3) is 0 Å². The SMILES string of the molecule is CN(CC(=O)N1CCCCCC1)Cc1ccc(N)cc1. The second kappa shape index (κ2) is 7.29. The highest BCUT2D eigenvalue weighted by Crippen LogP contribution is 2.11. The molecule has 1 saturated heterocycles. The molecule has 1 heterocycles. The van der Waals surface area contributed by atoms with Crippen LogP contribution in [0.2, 0.25) is 0 Å². The summed E-state index contributed by atoms with van der Waals surface area (Å²) in [6, 6.07) is 7.84. The minimum Gasteiger partial charge on any atom is -0.399 e. The first kappa shape index (κ1) is 14.9. The second-order valence-electron chi connectivity index (χ2n) is 5.71. The molecule has 4 heteroatoms. The van der Waals surface area contributed by atoms with E-state index < -0.39 is 0 Å². The lowest BCUT2D eigenvalue weighted by Gasteiger charge is -2.24. The Morgan fingerprint density at radius 2 is 1.75 bits per heavy atom. The third kappa shape index (κ3) is 4.53. The number of amides is 1. The molecule has 4 nitrogen and oxygen atoms in total. The third-order valence-corrected chi connectivity index (χ3v) is 3.80. The molecule has 0 radical (unpaired) electrons. The molecule has 0 saturated carbocycles. The van der Waals surface area contributed by atoms with Crippen LogP contribution < -0.4 is 5.73 Å². The average molecular weight is 275 g/mol. The summed E-state index contributed by atoms with van der Waals surface area (Å²) in [6.45, 7) is 3.12. The summed E-state index contributed by atoms with van der Waals surface area (Å²) in [5, 5.41) is 0. The second-order valence-corrected chi connectivity index (χ2v) is 5.71. The first-order valence-corrected chi connectivity index (χ1v) is 7.46. The fraction of sp³-hybridized carbons (Fsp3) is 0.562. The van der Waals surface area contributed by atoms with Crippen molar-refractivity contribution in [2.45, 2.75) is 32.2 Å². The van der Waals surface area contributed by atoms with Crippen molar-refractivity contribution in [2.75, 3.05) is 32.4 Å².